The van der Waals surface area contributed by atoms with Crippen molar-refractivity contribution in [3.63, 3.8) is 0 Å². The molecule has 0 aliphatic carbocycles. The van der Waals surface area contributed by atoms with Gasteiger partial charge in [0.2, 0.25) is 11.8 Å². The van der Waals surface area contributed by atoms with E-state index in [1.54, 1.807) is 0 Å². The summed E-state index contributed by atoms with van der Waals surface area (Å²) in [5, 5.41) is 6.91. The third-order valence-corrected chi connectivity index (χ3v) is 4.07. The number of amides is 1. The topological polar surface area (TPSA) is 68.5 Å². The van der Waals surface area contributed by atoms with E-state index in [9.17, 15) is 4.79 Å². The van der Waals surface area contributed by atoms with Crippen molar-refractivity contribution >= 4 is 23.2 Å². The van der Waals surface area contributed by atoms with Crippen LogP contribution < -0.4 is 9.64 Å². The molecule has 1 atom stereocenters. The number of aromatic nitrogens is 2. The molecular weight excluding hydrogens is 318 g/mol. The molecule has 0 spiro atoms. The minimum absolute atomic E-state index is 0.0544. The van der Waals surface area contributed by atoms with Gasteiger partial charge in [0, 0.05) is 5.69 Å². The van der Waals surface area contributed by atoms with Crippen LogP contribution >= 0.6 is 11.6 Å². The Morgan fingerprint density at radius 1 is 1.30 bits per heavy atom. The molecule has 0 saturated carbocycles. The summed E-state index contributed by atoms with van der Waals surface area (Å²) in [6, 6.07) is 9.24. The summed E-state index contributed by atoms with van der Waals surface area (Å²) in [5.41, 5.74) is 0.336. The van der Waals surface area contributed by atoms with Gasteiger partial charge in [-0.1, -0.05) is 44.1 Å². The zero-order valence-electron chi connectivity index (χ0n) is 13.6. The second-order valence-corrected chi connectivity index (χ2v) is 6.59. The lowest BCUT2D eigenvalue weighted by molar-refractivity contribution is -0.120. The quantitative estimate of drug-likeness (QED) is 0.783. The second-order valence-electron chi connectivity index (χ2n) is 6.15. The number of nitrogens with zero attached hydrogens (tertiary/aromatic N) is 3. The van der Waals surface area contributed by atoms with Crippen LogP contribution in [0.2, 0.25) is 0 Å². The van der Waals surface area contributed by atoms with Crippen molar-refractivity contribution in [1.29, 1.82) is 0 Å². The summed E-state index contributed by atoms with van der Waals surface area (Å²) in [4.78, 5) is 14.4. The molecule has 0 bridgehead atoms. The highest BCUT2D eigenvalue weighted by Gasteiger charge is 2.34. The van der Waals surface area contributed by atoms with Gasteiger partial charge in [-0.05, 0) is 17.5 Å². The molecule has 2 rings (SSSR count). The van der Waals surface area contributed by atoms with Crippen LogP contribution in [0, 0.1) is 5.41 Å². The SMILES string of the molecule is COc1nnc(CN(C(=O)C(Cl)C(C)(C)C)c2ccccc2)o1. The molecule has 23 heavy (non-hydrogen) atoms. The van der Waals surface area contributed by atoms with Crippen molar-refractivity contribution < 1.29 is 13.9 Å². The van der Waals surface area contributed by atoms with Crippen LogP contribution in [0.5, 0.6) is 6.08 Å². The number of carbonyl (C=O) groups excluding carboxylic acids is 1. The Morgan fingerprint density at radius 2 is 1.96 bits per heavy atom. The standard InChI is InChI=1S/C16H20ClN3O3/c1-16(2,3)13(17)14(21)20(11-8-6-5-7-9-11)10-12-18-19-15(22-4)23-12/h5-9,13H,10H2,1-4H3. The molecule has 1 amide bonds. The number of alkyl halides is 1. The lowest BCUT2D eigenvalue weighted by Crippen LogP contribution is -2.42. The predicted molar refractivity (Wildman–Crippen MR) is 87.6 cm³/mol. The van der Waals surface area contributed by atoms with Gasteiger partial charge in [-0.15, -0.1) is 16.7 Å². The van der Waals surface area contributed by atoms with Crippen molar-refractivity contribution in [1.82, 2.24) is 10.2 Å². The summed E-state index contributed by atoms with van der Waals surface area (Å²) in [5.74, 6) is 0.0550. The van der Waals surface area contributed by atoms with Gasteiger partial charge in [0.05, 0.1) is 7.11 Å². The summed E-state index contributed by atoms with van der Waals surface area (Å²) in [6.07, 6.45) is 0.0544. The van der Waals surface area contributed by atoms with Gasteiger partial charge >= 0.3 is 6.08 Å². The van der Waals surface area contributed by atoms with E-state index in [-0.39, 0.29) is 29.8 Å². The van der Waals surface area contributed by atoms with Crippen molar-refractivity contribution in [2.24, 2.45) is 5.41 Å². The van der Waals surface area contributed by atoms with Gasteiger partial charge in [-0.2, -0.15) is 0 Å². The Bertz CT molecular complexity index is 652. The number of carbonyl (C=O) groups is 1. The molecule has 0 radical (unpaired) electrons. The molecule has 1 heterocycles. The van der Waals surface area contributed by atoms with Crippen molar-refractivity contribution in [3.05, 3.63) is 36.2 Å². The Morgan fingerprint density at radius 3 is 2.48 bits per heavy atom. The molecule has 124 valence electrons. The molecule has 7 heteroatoms. The minimum Gasteiger partial charge on any atom is -0.452 e. The average molecular weight is 338 g/mol. The van der Waals surface area contributed by atoms with Gasteiger partial charge < -0.3 is 14.1 Å². The average Bonchev–Trinajstić information content (AvgIpc) is 2.99. The highest BCUT2D eigenvalue weighted by molar-refractivity contribution is 6.33. The zero-order chi connectivity index (χ0) is 17.0. The Labute approximate surface area is 140 Å². The summed E-state index contributed by atoms with van der Waals surface area (Å²) in [6.45, 7) is 5.88. The van der Waals surface area contributed by atoms with E-state index in [2.05, 4.69) is 10.2 Å². The van der Waals surface area contributed by atoms with Gasteiger partial charge in [0.15, 0.2) is 0 Å². The highest BCUT2D eigenvalue weighted by Crippen LogP contribution is 2.29. The van der Waals surface area contributed by atoms with Gasteiger partial charge in [0.25, 0.3) is 0 Å². The molecule has 6 nitrogen and oxygen atoms in total. The lowest BCUT2D eigenvalue weighted by atomic mass is 9.91. The van der Waals surface area contributed by atoms with E-state index in [4.69, 9.17) is 20.8 Å². The van der Waals surface area contributed by atoms with Gasteiger partial charge in [-0.25, -0.2) is 0 Å². The Kier molecular flexibility index (Phi) is 5.26. The predicted octanol–water partition coefficient (Wildman–Crippen LogP) is 3.26. The third kappa shape index (κ3) is 4.22. The van der Waals surface area contributed by atoms with E-state index < -0.39 is 5.38 Å². The highest BCUT2D eigenvalue weighted by atomic mass is 35.5. The molecule has 0 N–H and O–H groups in total. The van der Waals surface area contributed by atoms with E-state index in [0.29, 0.717) is 5.69 Å². The van der Waals surface area contributed by atoms with Crippen LogP contribution in [0.15, 0.2) is 34.7 Å². The fourth-order valence-corrected chi connectivity index (χ4v) is 2.05. The van der Waals surface area contributed by atoms with Crippen molar-refractivity contribution in [3.8, 4) is 6.08 Å². The Hall–Kier alpha value is -2.08. The summed E-state index contributed by atoms with van der Waals surface area (Å²) >= 11 is 6.37. The van der Waals surface area contributed by atoms with Crippen LogP contribution in [-0.2, 0) is 11.3 Å². The number of ether oxygens (including phenoxy) is 1. The maximum Gasteiger partial charge on any atom is 0.414 e. The normalized spacial score (nSPS) is 12.7. The molecule has 1 aromatic heterocycles. The molecule has 1 unspecified atom stereocenters. The number of benzene rings is 1. The first-order valence-corrected chi connectivity index (χ1v) is 7.63. The largest absolute Gasteiger partial charge is 0.452 e. The molecule has 0 saturated heterocycles. The number of para-hydroxylation sites is 1. The van der Waals surface area contributed by atoms with Crippen LogP contribution in [0.1, 0.15) is 26.7 Å². The first kappa shape index (κ1) is 17.3. The van der Waals surface area contributed by atoms with E-state index >= 15 is 0 Å². The molecule has 0 fully saturated rings. The fourth-order valence-electron chi connectivity index (χ4n) is 1.93. The maximum atomic E-state index is 12.8. The molecule has 1 aromatic carbocycles. The number of hydrogen-bond acceptors (Lipinski definition) is 5. The monoisotopic (exact) mass is 337 g/mol. The molecule has 2 aromatic rings. The van der Waals surface area contributed by atoms with Crippen LogP contribution in [0.3, 0.4) is 0 Å². The summed E-state index contributed by atoms with van der Waals surface area (Å²) < 4.78 is 10.2. The van der Waals surface area contributed by atoms with E-state index in [0.717, 1.165) is 0 Å². The number of halogens is 1. The molecular formula is C16H20ClN3O3. The molecule has 0 aliphatic heterocycles. The first-order valence-electron chi connectivity index (χ1n) is 7.20. The maximum absolute atomic E-state index is 12.8. The minimum atomic E-state index is -0.687. The number of rotatable bonds is 5. The Balaban J connectivity index is 2.30. The zero-order valence-corrected chi connectivity index (χ0v) is 14.4. The van der Waals surface area contributed by atoms with Crippen LogP contribution in [-0.4, -0.2) is 28.6 Å². The van der Waals surface area contributed by atoms with Crippen LogP contribution in [0.4, 0.5) is 5.69 Å². The second kappa shape index (κ2) is 7.00. The number of hydrogen-bond donors (Lipinski definition) is 0. The van der Waals surface area contributed by atoms with Gasteiger partial charge in [0.1, 0.15) is 11.9 Å². The number of methoxy groups -OCH3 is 1. The van der Waals surface area contributed by atoms with E-state index in [1.807, 2.05) is 51.1 Å². The van der Waals surface area contributed by atoms with Gasteiger partial charge in [-0.3, -0.25) is 4.79 Å². The van der Waals surface area contributed by atoms with Crippen molar-refractivity contribution in [2.75, 3.05) is 12.0 Å². The third-order valence-electron chi connectivity index (χ3n) is 3.23. The lowest BCUT2D eigenvalue weighted by Gasteiger charge is -2.30. The molecule has 0 aliphatic rings. The number of anilines is 1. The summed E-state index contributed by atoms with van der Waals surface area (Å²) in [7, 11) is 1.44. The smallest absolute Gasteiger partial charge is 0.414 e. The van der Waals surface area contributed by atoms with Crippen molar-refractivity contribution in [2.45, 2.75) is 32.7 Å². The van der Waals surface area contributed by atoms with Crippen LogP contribution in [0.25, 0.3) is 0 Å². The fraction of sp³-hybridized carbons (Fsp3) is 0.438. The first-order chi connectivity index (χ1) is 10.8. The van der Waals surface area contributed by atoms with E-state index in [1.165, 1.54) is 12.0 Å².